The van der Waals surface area contributed by atoms with Crippen LogP contribution in [0.2, 0.25) is 0 Å². The monoisotopic (exact) mass is 867 g/mol. The van der Waals surface area contributed by atoms with Crippen molar-refractivity contribution in [3.63, 3.8) is 0 Å². The zero-order valence-electron chi connectivity index (χ0n) is 35.7. The van der Waals surface area contributed by atoms with Crippen LogP contribution in [0.1, 0.15) is 79.9 Å². The zero-order valence-corrected chi connectivity index (χ0v) is 35.7. The van der Waals surface area contributed by atoms with Crippen molar-refractivity contribution in [1.82, 2.24) is 44.5 Å². The molecular weight excluding hydrogens is 813 g/mol. The Balaban J connectivity index is 0.000000160. The van der Waals surface area contributed by atoms with Crippen LogP contribution >= 0.6 is 0 Å². The summed E-state index contributed by atoms with van der Waals surface area (Å²) in [4.78, 5) is 57.2. The van der Waals surface area contributed by atoms with Crippen LogP contribution < -0.4 is 25.3 Å². The minimum absolute atomic E-state index is 0.0271. The number of carbonyl (C=O) groups excluding carboxylic acids is 3. The van der Waals surface area contributed by atoms with Gasteiger partial charge in [-0.1, -0.05) is 31.4 Å². The summed E-state index contributed by atoms with van der Waals surface area (Å²) in [5.41, 5.74) is 2.12. The first-order chi connectivity index (χ1) is 30.7. The van der Waals surface area contributed by atoms with Crippen molar-refractivity contribution in [3.8, 4) is 0 Å². The van der Waals surface area contributed by atoms with E-state index in [1.165, 1.54) is 48.5 Å². The normalized spacial score (nSPS) is 20.0. The van der Waals surface area contributed by atoms with Gasteiger partial charge in [0.15, 0.2) is 11.3 Å². The number of fused-ring (bicyclic) bond motifs is 2. The Hall–Kier alpha value is -5.79. The van der Waals surface area contributed by atoms with Crippen LogP contribution in [0.5, 0.6) is 0 Å². The molecule has 4 aromatic heterocycles. The second-order valence-electron chi connectivity index (χ2n) is 17.0. The number of anilines is 4. The molecule has 0 unspecified atom stereocenters. The fraction of sp³-hybridized carbons (Fsp3) is 0.523. The molecule has 334 valence electrons. The average molecular weight is 868 g/mol. The minimum Gasteiger partial charge on any atom is -0.378 e. The predicted molar refractivity (Wildman–Crippen MR) is 235 cm³/mol. The Morgan fingerprint density at radius 1 is 0.841 bits per heavy atom. The lowest BCUT2D eigenvalue weighted by Crippen LogP contribution is -2.53. The van der Waals surface area contributed by atoms with Gasteiger partial charge in [-0.25, -0.2) is 23.1 Å². The summed E-state index contributed by atoms with van der Waals surface area (Å²) >= 11 is 0. The highest BCUT2D eigenvalue weighted by Crippen LogP contribution is 2.35. The van der Waals surface area contributed by atoms with Crippen molar-refractivity contribution in [3.05, 3.63) is 66.5 Å². The van der Waals surface area contributed by atoms with Crippen molar-refractivity contribution in [2.75, 3.05) is 99.2 Å². The number of hydrogen-bond acceptors (Lipinski definition) is 12. The van der Waals surface area contributed by atoms with Crippen LogP contribution in [-0.4, -0.2) is 142 Å². The van der Waals surface area contributed by atoms with Crippen LogP contribution in [0.3, 0.4) is 0 Å². The summed E-state index contributed by atoms with van der Waals surface area (Å²) in [6, 6.07) is 8.49. The van der Waals surface area contributed by atoms with E-state index < -0.39 is 18.0 Å². The molecule has 0 spiro atoms. The van der Waals surface area contributed by atoms with Crippen LogP contribution in [0.4, 0.5) is 36.5 Å². The number of nitrogens with zero attached hydrogens (tertiary/aromatic N) is 11. The number of urea groups is 1. The van der Waals surface area contributed by atoms with E-state index in [1.807, 2.05) is 18.3 Å². The van der Waals surface area contributed by atoms with E-state index in [-0.39, 0.29) is 29.2 Å². The number of ether oxygens (including phenoxy) is 1. The van der Waals surface area contributed by atoms with Gasteiger partial charge in [0.2, 0.25) is 5.91 Å². The molecule has 0 radical (unpaired) electrons. The predicted octanol–water partition coefficient (Wildman–Crippen LogP) is 5.35. The first-order valence-electron chi connectivity index (χ1n) is 22.2. The number of benzene rings is 1. The van der Waals surface area contributed by atoms with Gasteiger partial charge in [0.05, 0.1) is 43.0 Å². The van der Waals surface area contributed by atoms with E-state index in [0.29, 0.717) is 56.8 Å². The third kappa shape index (κ3) is 9.31. The number of pyridine rings is 1. The number of amides is 4. The molecule has 0 bridgehead atoms. The van der Waals surface area contributed by atoms with Gasteiger partial charge in [-0.3, -0.25) is 34.4 Å². The lowest BCUT2D eigenvalue weighted by atomic mass is 9.96. The molecule has 5 aromatic rings. The van der Waals surface area contributed by atoms with Crippen molar-refractivity contribution < 1.29 is 27.9 Å². The van der Waals surface area contributed by atoms with Crippen molar-refractivity contribution in [1.29, 1.82) is 0 Å². The Morgan fingerprint density at radius 3 is 2.37 bits per heavy atom. The lowest BCUT2D eigenvalue weighted by Gasteiger charge is -2.43. The van der Waals surface area contributed by atoms with E-state index in [9.17, 15) is 23.2 Å². The number of alkyl halides is 2. The molecule has 1 aliphatic carbocycles. The third-order valence-electron chi connectivity index (χ3n) is 13.1. The summed E-state index contributed by atoms with van der Waals surface area (Å²) in [5, 5.41) is 15.4. The van der Waals surface area contributed by atoms with E-state index in [4.69, 9.17) is 4.74 Å². The van der Waals surface area contributed by atoms with Crippen LogP contribution in [0.15, 0.2) is 55.2 Å². The SMILES string of the molecule is CN1CCC(N2CCN(c3cccc4c(N5CCC(=O)NC5=O)cncc34)CC2)CC1.O=C(Nc1cn(C2CCCCC2)nc1C(F)F)c1cnn2ccc(N3CCOCC3)nc12. The minimum atomic E-state index is -2.79. The standard InChI is InChI=1S/C23H30N6O2.C21H25F2N7O2/c1-26-8-5-17(6-9-26)27-11-13-28(14-12-27)20-4-2-3-18-19(20)15-24-16-21(18)29-10-7-22(30)25-23(29)31;22-19(23)18-16(13-30(27-18)14-4-2-1-3-5-14)25-21(31)15-12-24-29-7-6-17(26-20(15)29)28-8-10-32-11-9-28/h2-4,15-17H,5-14H2,1H3,(H,25,30,31);6-7,12-14,19H,1-5,8-11H2,(H,25,31). The first kappa shape index (κ1) is 42.5. The van der Waals surface area contributed by atoms with Crippen molar-refractivity contribution >= 4 is 57.1 Å². The molecule has 10 rings (SSSR count). The van der Waals surface area contributed by atoms with Gasteiger partial charge in [-0.15, -0.1) is 0 Å². The number of halogens is 2. The Morgan fingerprint density at radius 2 is 1.62 bits per heavy atom. The summed E-state index contributed by atoms with van der Waals surface area (Å²) in [6.45, 7) is 9.54. The molecule has 5 aliphatic rings. The molecule has 1 saturated carbocycles. The van der Waals surface area contributed by atoms with Gasteiger partial charge in [0.25, 0.3) is 12.3 Å². The van der Waals surface area contributed by atoms with Gasteiger partial charge < -0.3 is 24.8 Å². The third-order valence-corrected chi connectivity index (χ3v) is 13.1. The molecule has 0 atom stereocenters. The maximum Gasteiger partial charge on any atom is 0.328 e. The maximum atomic E-state index is 13.6. The van der Waals surface area contributed by atoms with E-state index in [2.05, 4.69) is 69.6 Å². The topological polar surface area (TPSA) is 162 Å². The Labute approximate surface area is 364 Å². The number of imide groups is 1. The van der Waals surface area contributed by atoms with Crippen LogP contribution in [0, 0.1) is 0 Å². The number of piperidine rings is 1. The Kier molecular flexibility index (Phi) is 12.8. The molecule has 4 aliphatic heterocycles. The summed E-state index contributed by atoms with van der Waals surface area (Å²) < 4.78 is 35.7. The number of hydrogen-bond donors (Lipinski definition) is 2. The molecule has 1 aromatic carbocycles. The number of aromatic nitrogens is 6. The van der Waals surface area contributed by atoms with E-state index in [0.717, 1.165) is 74.7 Å². The number of rotatable bonds is 8. The quantitative estimate of drug-likeness (QED) is 0.206. The van der Waals surface area contributed by atoms with Gasteiger partial charge in [-0.05, 0) is 58.0 Å². The number of piperazine rings is 1. The molecule has 63 heavy (non-hydrogen) atoms. The number of likely N-dealkylation sites (tertiary alicyclic amines) is 1. The lowest BCUT2D eigenvalue weighted by molar-refractivity contribution is -0.120. The molecule has 4 saturated heterocycles. The molecule has 4 amide bonds. The molecule has 2 N–H and O–H groups in total. The molecule has 5 fully saturated rings. The van der Waals surface area contributed by atoms with Gasteiger partial charge in [0.1, 0.15) is 11.4 Å². The van der Waals surface area contributed by atoms with Gasteiger partial charge in [-0.2, -0.15) is 10.2 Å². The van der Waals surface area contributed by atoms with Crippen LogP contribution in [0.25, 0.3) is 16.4 Å². The second kappa shape index (κ2) is 18.9. The number of nitrogens with one attached hydrogen (secondary N) is 2. The smallest absolute Gasteiger partial charge is 0.328 e. The van der Waals surface area contributed by atoms with Crippen molar-refractivity contribution in [2.24, 2.45) is 0 Å². The molecule has 17 nitrogen and oxygen atoms in total. The highest BCUT2D eigenvalue weighted by atomic mass is 19.3. The first-order valence-corrected chi connectivity index (χ1v) is 22.2. The van der Waals surface area contributed by atoms with Gasteiger partial charge in [0, 0.05) is 93.3 Å². The van der Waals surface area contributed by atoms with Gasteiger partial charge >= 0.3 is 6.03 Å². The van der Waals surface area contributed by atoms with Crippen molar-refractivity contribution in [2.45, 2.75) is 69.9 Å². The van der Waals surface area contributed by atoms with E-state index in [1.54, 1.807) is 22.0 Å². The van der Waals surface area contributed by atoms with E-state index >= 15 is 0 Å². The highest BCUT2D eigenvalue weighted by molar-refractivity contribution is 6.11. The summed E-state index contributed by atoms with van der Waals surface area (Å²) in [6.07, 6.45) is 13.4. The molecular formula is C44H55F2N13O4. The number of carbonyl (C=O) groups is 3. The second-order valence-corrected chi connectivity index (χ2v) is 17.0. The largest absolute Gasteiger partial charge is 0.378 e. The fourth-order valence-electron chi connectivity index (χ4n) is 9.51. The zero-order chi connectivity index (χ0) is 43.5. The fourth-order valence-corrected chi connectivity index (χ4v) is 9.51. The molecule has 8 heterocycles. The average Bonchev–Trinajstić information content (AvgIpc) is 3.95. The number of morpholine rings is 1. The summed E-state index contributed by atoms with van der Waals surface area (Å²) in [7, 11) is 2.21. The summed E-state index contributed by atoms with van der Waals surface area (Å²) in [5.74, 6) is -0.0527. The van der Waals surface area contributed by atoms with Crippen LogP contribution in [-0.2, 0) is 9.53 Å². The molecule has 19 heteroatoms. The maximum absolute atomic E-state index is 13.6. The Bertz CT molecular complexity index is 2420. The highest BCUT2D eigenvalue weighted by Gasteiger charge is 2.30.